The van der Waals surface area contributed by atoms with Gasteiger partial charge in [-0.25, -0.2) is 0 Å². The van der Waals surface area contributed by atoms with Gasteiger partial charge >= 0.3 is 202 Å². The first-order valence-corrected chi connectivity index (χ1v) is 16.1. The summed E-state index contributed by atoms with van der Waals surface area (Å²) in [6.45, 7) is 2.10. The molecule has 0 N–H and O–H groups in total. The van der Waals surface area contributed by atoms with Crippen LogP contribution in [0.3, 0.4) is 0 Å². The Kier molecular flexibility index (Phi) is 5.24. The van der Waals surface area contributed by atoms with E-state index in [4.69, 9.17) is 9.72 Å². The molecular formula is C29H21BiN2O. The zero-order valence-electron chi connectivity index (χ0n) is 18.1. The first-order valence-electron chi connectivity index (χ1n) is 10.9. The van der Waals surface area contributed by atoms with Gasteiger partial charge in [-0.1, -0.05) is 0 Å². The van der Waals surface area contributed by atoms with Gasteiger partial charge in [0.15, 0.2) is 0 Å². The van der Waals surface area contributed by atoms with Crippen molar-refractivity contribution in [2.45, 2.75) is 6.92 Å². The number of hydrogen-bond acceptors (Lipinski definition) is 3. The minimum absolute atomic E-state index is 0.598. The van der Waals surface area contributed by atoms with Crippen LogP contribution >= 0.6 is 0 Å². The summed E-state index contributed by atoms with van der Waals surface area (Å²) in [5.41, 5.74) is 6.30. The molecule has 3 heterocycles. The molecule has 158 valence electrons. The third-order valence-electron chi connectivity index (χ3n) is 5.83. The molecule has 0 spiro atoms. The van der Waals surface area contributed by atoms with Gasteiger partial charge in [0.05, 0.1) is 0 Å². The van der Waals surface area contributed by atoms with E-state index >= 15 is 0 Å². The van der Waals surface area contributed by atoms with Gasteiger partial charge in [-0.3, -0.25) is 0 Å². The number of nitrogens with zero attached hydrogens (tertiary/aromatic N) is 2. The van der Waals surface area contributed by atoms with Gasteiger partial charge in [0.2, 0.25) is 0 Å². The van der Waals surface area contributed by atoms with Crippen molar-refractivity contribution in [2.75, 3.05) is 0 Å². The van der Waals surface area contributed by atoms with Crippen LogP contribution in [0.1, 0.15) is 5.56 Å². The summed E-state index contributed by atoms with van der Waals surface area (Å²) in [7, 11) is 0. The Morgan fingerprint density at radius 1 is 0.667 bits per heavy atom. The molecule has 0 unspecified atom stereocenters. The fourth-order valence-electron chi connectivity index (χ4n) is 4.26. The van der Waals surface area contributed by atoms with E-state index in [1.807, 2.05) is 36.5 Å². The van der Waals surface area contributed by atoms with Crippen LogP contribution in [-0.4, -0.2) is 31.7 Å². The van der Waals surface area contributed by atoms with E-state index in [1.54, 1.807) is 6.20 Å². The molecule has 0 amide bonds. The molecule has 0 fully saturated rings. The summed E-state index contributed by atoms with van der Waals surface area (Å²) >= 11 is -2.45. The van der Waals surface area contributed by atoms with Gasteiger partial charge in [0.25, 0.3) is 0 Å². The molecule has 5 aromatic rings. The number of hydrogen-bond donors (Lipinski definition) is 0. The molecule has 0 saturated heterocycles. The number of benzene rings is 3. The van der Waals surface area contributed by atoms with E-state index in [2.05, 4.69) is 78.6 Å². The molecule has 6 rings (SSSR count). The third-order valence-corrected chi connectivity index (χ3v) is 15.3. The number of rotatable bonds is 4. The van der Waals surface area contributed by atoms with Crippen molar-refractivity contribution in [2.24, 2.45) is 0 Å². The van der Waals surface area contributed by atoms with E-state index in [-0.39, 0.29) is 0 Å². The van der Waals surface area contributed by atoms with E-state index in [9.17, 15) is 0 Å². The van der Waals surface area contributed by atoms with Crippen molar-refractivity contribution in [3.8, 4) is 33.9 Å². The fourth-order valence-corrected chi connectivity index (χ4v) is 14.1. The van der Waals surface area contributed by atoms with Crippen molar-refractivity contribution in [3.05, 3.63) is 115 Å². The Bertz CT molecular complexity index is 1450. The molecule has 0 saturated carbocycles. The topological polar surface area (TPSA) is 35.0 Å². The number of aromatic nitrogens is 2. The standard InChI is InChI=1S/C23H15NO.C6H6N.Bi/c1-2-7-18(8-3-1)19-12-14-20(15-13-19)21-9-6-10-22(17-21)25-23-11-4-5-16-24-23;1-6-3-2-4-7-5-6;/h1-7,9-12,14-17H;2-3,5H,1H3;. The molecule has 1 aliphatic rings. The second kappa shape index (κ2) is 8.53. The van der Waals surface area contributed by atoms with Gasteiger partial charge in [-0.05, 0) is 0 Å². The Morgan fingerprint density at radius 2 is 1.52 bits per heavy atom. The molecule has 2 aromatic heterocycles. The van der Waals surface area contributed by atoms with Crippen LogP contribution in [0, 0.1) is 6.92 Å². The van der Waals surface area contributed by atoms with E-state index in [0.717, 1.165) is 11.3 Å². The van der Waals surface area contributed by atoms with Crippen molar-refractivity contribution in [1.29, 1.82) is 0 Å². The van der Waals surface area contributed by atoms with Crippen molar-refractivity contribution in [1.82, 2.24) is 9.97 Å². The molecule has 0 bridgehead atoms. The van der Waals surface area contributed by atoms with Gasteiger partial charge in [0, 0.05) is 0 Å². The molecule has 3 aromatic carbocycles. The average Bonchev–Trinajstić information content (AvgIpc) is 3.19. The van der Waals surface area contributed by atoms with Crippen LogP contribution in [-0.2, 0) is 0 Å². The Morgan fingerprint density at radius 3 is 2.36 bits per heavy atom. The second-order valence-electron chi connectivity index (χ2n) is 8.08. The van der Waals surface area contributed by atoms with Crippen LogP contribution in [0.25, 0.3) is 22.3 Å². The maximum absolute atomic E-state index is 5.98. The quantitative estimate of drug-likeness (QED) is 0.267. The predicted molar refractivity (Wildman–Crippen MR) is 135 cm³/mol. The molecule has 4 heteroatoms. The Hall–Kier alpha value is -3.36. The molecule has 3 nitrogen and oxygen atoms in total. The zero-order valence-corrected chi connectivity index (χ0v) is 21.6. The second-order valence-corrected chi connectivity index (χ2v) is 16.2. The number of ether oxygens (including phenoxy) is 1. The molecule has 0 radical (unpaired) electrons. The summed E-state index contributed by atoms with van der Waals surface area (Å²) in [5, 5.41) is 0. The van der Waals surface area contributed by atoms with Gasteiger partial charge < -0.3 is 0 Å². The van der Waals surface area contributed by atoms with Gasteiger partial charge in [0.1, 0.15) is 0 Å². The number of pyridine rings is 2. The van der Waals surface area contributed by atoms with Gasteiger partial charge in [-0.2, -0.15) is 0 Å². The molecule has 0 atom stereocenters. The summed E-state index contributed by atoms with van der Waals surface area (Å²) in [4.78, 5) is 9.16. The van der Waals surface area contributed by atoms with Crippen LogP contribution in [0.5, 0.6) is 11.6 Å². The number of fused-ring (bicyclic) bond motifs is 3. The fraction of sp³-hybridized carbons (Fsp3) is 0.0345. The van der Waals surface area contributed by atoms with Crippen LogP contribution in [0.15, 0.2) is 109 Å². The molecule has 1 aliphatic heterocycles. The van der Waals surface area contributed by atoms with Crippen molar-refractivity contribution < 1.29 is 4.74 Å². The zero-order chi connectivity index (χ0) is 22.2. The summed E-state index contributed by atoms with van der Waals surface area (Å²) in [6, 6.07) is 34.2. The van der Waals surface area contributed by atoms with Crippen molar-refractivity contribution >= 4 is 31.7 Å². The van der Waals surface area contributed by atoms with Gasteiger partial charge in [-0.15, -0.1) is 0 Å². The van der Waals surface area contributed by atoms with Crippen LogP contribution < -0.4 is 14.7 Å². The summed E-state index contributed by atoms with van der Waals surface area (Å²) in [5.74, 6) is 1.38. The molecule has 0 aliphatic carbocycles. The Labute approximate surface area is 201 Å². The summed E-state index contributed by atoms with van der Waals surface area (Å²) < 4.78 is 10.3. The van der Waals surface area contributed by atoms with Crippen LogP contribution in [0.4, 0.5) is 0 Å². The monoisotopic (exact) mass is 622 g/mol. The van der Waals surface area contributed by atoms with E-state index < -0.39 is 21.8 Å². The van der Waals surface area contributed by atoms with E-state index in [0.29, 0.717) is 5.88 Å². The first-order chi connectivity index (χ1) is 16.3. The maximum atomic E-state index is 5.98. The average molecular weight is 622 g/mol. The van der Waals surface area contributed by atoms with Crippen molar-refractivity contribution in [3.63, 3.8) is 0 Å². The SMILES string of the molecule is Cc1cc[c]([Bi]2[c]3ccccc3-c3ccc(-c4cccc(Oc5ccccn5)c4)c[c]32)nc1. The normalized spacial score (nSPS) is 12.3. The van der Waals surface area contributed by atoms with E-state index in [1.165, 1.54) is 32.2 Å². The van der Waals surface area contributed by atoms with Crippen LogP contribution in [0.2, 0.25) is 0 Å². The molecular weight excluding hydrogens is 601 g/mol. The Balaban J connectivity index is 1.42. The summed E-state index contributed by atoms with van der Waals surface area (Å²) in [6.07, 6.45) is 3.75. The first kappa shape index (κ1) is 20.3. The third kappa shape index (κ3) is 3.85. The molecule has 33 heavy (non-hydrogen) atoms. The minimum atomic E-state index is -2.45. The number of aryl methyl sites for hydroxylation is 1. The predicted octanol–water partition coefficient (Wildman–Crippen LogP) is 4.74.